The van der Waals surface area contributed by atoms with Crippen LogP contribution < -0.4 is 5.56 Å². The standard InChI is InChI=1S/C19H19Br2N5O/c1-2-3-4-8-25-17-14(11-15(21)22-17)18(27)26-16(23-24-19(25)26)10-12-6-5-7-13(20)9-12/h5-7,9H,2-4,8,10-11H2,1H3. The van der Waals surface area contributed by atoms with Gasteiger partial charge in [0.1, 0.15) is 11.6 Å². The molecule has 3 aromatic rings. The summed E-state index contributed by atoms with van der Waals surface area (Å²) in [7, 11) is 0. The second kappa shape index (κ2) is 7.67. The van der Waals surface area contributed by atoms with Gasteiger partial charge in [-0.25, -0.2) is 9.39 Å². The van der Waals surface area contributed by atoms with Crippen LogP contribution in [0.25, 0.3) is 5.78 Å². The number of fused-ring (bicyclic) bond motifs is 2. The first kappa shape index (κ1) is 18.6. The van der Waals surface area contributed by atoms with Crippen LogP contribution in [-0.4, -0.2) is 23.8 Å². The molecule has 0 aliphatic carbocycles. The molecule has 0 bridgehead atoms. The van der Waals surface area contributed by atoms with Gasteiger partial charge in [-0.15, -0.1) is 10.2 Å². The Kier molecular flexibility index (Phi) is 5.27. The molecule has 0 radical (unpaired) electrons. The van der Waals surface area contributed by atoms with Gasteiger partial charge in [0.05, 0.1) is 10.2 Å². The maximum atomic E-state index is 13.2. The summed E-state index contributed by atoms with van der Waals surface area (Å²) in [6, 6.07) is 8.02. The molecular weight excluding hydrogens is 474 g/mol. The number of hydrogen-bond acceptors (Lipinski definition) is 4. The van der Waals surface area contributed by atoms with E-state index in [2.05, 4.69) is 54.0 Å². The Labute approximate surface area is 173 Å². The fourth-order valence-corrected chi connectivity index (χ4v) is 4.33. The van der Waals surface area contributed by atoms with E-state index in [0.29, 0.717) is 30.0 Å². The molecule has 0 saturated carbocycles. The molecule has 1 aliphatic rings. The SMILES string of the molecule is CCCCCn1c2c(c(=O)n3c(Cc4cccc(Br)c4)nnc13)CC(Br)=N2. The van der Waals surface area contributed by atoms with Crippen molar-refractivity contribution in [1.29, 1.82) is 0 Å². The Hall–Kier alpha value is -1.80. The predicted octanol–water partition coefficient (Wildman–Crippen LogP) is 4.42. The second-order valence-electron chi connectivity index (χ2n) is 6.69. The van der Waals surface area contributed by atoms with Crippen molar-refractivity contribution in [3.63, 3.8) is 0 Å². The van der Waals surface area contributed by atoms with Crippen LogP contribution in [0.4, 0.5) is 5.82 Å². The van der Waals surface area contributed by atoms with E-state index in [1.54, 1.807) is 4.40 Å². The van der Waals surface area contributed by atoms with Gasteiger partial charge >= 0.3 is 0 Å². The number of halogens is 2. The molecule has 6 nitrogen and oxygen atoms in total. The monoisotopic (exact) mass is 491 g/mol. The van der Waals surface area contributed by atoms with Crippen LogP contribution in [0.2, 0.25) is 0 Å². The van der Waals surface area contributed by atoms with E-state index in [1.807, 2.05) is 28.8 Å². The van der Waals surface area contributed by atoms with Crippen LogP contribution in [0.15, 0.2) is 38.5 Å². The highest BCUT2D eigenvalue weighted by molar-refractivity contribution is 9.18. The summed E-state index contributed by atoms with van der Waals surface area (Å²) in [6.45, 7) is 2.95. The molecule has 0 unspecified atom stereocenters. The highest BCUT2D eigenvalue weighted by Crippen LogP contribution is 2.28. The third kappa shape index (κ3) is 3.52. The lowest BCUT2D eigenvalue weighted by molar-refractivity contribution is 0.602. The summed E-state index contributed by atoms with van der Waals surface area (Å²) in [5, 5.41) is 8.71. The Bertz CT molecular complexity index is 1100. The minimum Gasteiger partial charge on any atom is -0.294 e. The molecule has 0 saturated heterocycles. The van der Waals surface area contributed by atoms with Crippen molar-refractivity contribution in [2.45, 2.75) is 45.6 Å². The first-order chi connectivity index (χ1) is 13.1. The number of rotatable bonds is 6. The van der Waals surface area contributed by atoms with Gasteiger partial charge in [-0.2, -0.15) is 0 Å². The normalized spacial score (nSPS) is 13.2. The molecule has 3 heterocycles. The molecule has 1 aliphatic heterocycles. The largest absolute Gasteiger partial charge is 0.294 e. The van der Waals surface area contributed by atoms with E-state index in [4.69, 9.17) is 0 Å². The molecule has 8 heteroatoms. The zero-order valence-corrected chi connectivity index (χ0v) is 18.1. The lowest BCUT2D eigenvalue weighted by Crippen LogP contribution is -2.23. The lowest BCUT2D eigenvalue weighted by Gasteiger charge is -2.12. The number of hydrogen-bond donors (Lipinski definition) is 0. The van der Waals surface area contributed by atoms with Crippen molar-refractivity contribution >= 4 is 48.1 Å². The summed E-state index contributed by atoms with van der Waals surface area (Å²) in [5.41, 5.74) is 1.72. The molecule has 0 fully saturated rings. The first-order valence-electron chi connectivity index (χ1n) is 9.05. The van der Waals surface area contributed by atoms with Crippen molar-refractivity contribution < 1.29 is 0 Å². The van der Waals surface area contributed by atoms with E-state index in [0.717, 1.165) is 46.3 Å². The summed E-state index contributed by atoms with van der Waals surface area (Å²) >= 11 is 6.95. The Morgan fingerprint density at radius 3 is 2.81 bits per heavy atom. The molecule has 4 rings (SSSR count). The minimum absolute atomic E-state index is 0.0695. The zero-order valence-electron chi connectivity index (χ0n) is 15.0. The molecule has 0 amide bonds. The van der Waals surface area contributed by atoms with Crippen LogP contribution in [-0.2, 0) is 19.4 Å². The third-order valence-electron chi connectivity index (χ3n) is 4.73. The lowest BCUT2D eigenvalue weighted by atomic mass is 10.1. The molecule has 2 aromatic heterocycles. The molecule has 27 heavy (non-hydrogen) atoms. The van der Waals surface area contributed by atoms with Crippen LogP contribution in [0.3, 0.4) is 0 Å². The average Bonchev–Trinajstić information content (AvgIpc) is 3.22. The minimum atomic E-state index is -0.0695. The summed E-state index contributed by atoms with van der Waals surface area (Å²) in [4.78, 5) is 17.7. The molecule has 140 valence electrons. The summed E-state index contributed by atoms with van der Waals surface area (Å²) < 4.78 is 5.49. The van der Waals surface area contributed by atoms with Gasteiger partial charge in [-0.05, 0) is 40.0 Å². The number of unbranched alkanes of at least 4 members (excludes halogenated alkanes) is 2. The van der Waals surface area contributed by atoms with Crippen molar-refractivity contribution in [2.24, 2.45) is 4.99 Å². The fourth-order valence-electron chi connectivity index (χ4n) is 3.43. The number of aromatic nitrogens is 4. The third-order valence-corrected chi connectivity index (χ3v) is 5.68. The molecule has 0 N–H and O–H groups in total. The van der Waals surface area contributed by atoms with Gasteiger partial charge in [0.25, 0.3) is 5.56 Å². The number of benzene rings is 1. The van der Waals surface area contributed by atoms with Crippen LogP contribution >= 0.6 is 31.9 Å². The van der Waals surface area contributed by atoms with Crippen LogP contribution in [0.1, 0.15) is 43.1 Å². The number of aliphatic imine (C=N–C) groups is 1. The second-order valence-corrected chi connectivity index (χ2v) is 8.52. The topological polar surface area (TPSA) is 64.5 Å². The van der Waals surface area contributed by atoms with Crippen molar-refractivity contribution in [1.82, 2.24) is 19.2 Å². The van der Waals surface area contributed by atoms with Crippen LogP contribution in [0, 0.1) is 0 Å². The fraction of sp³-hybridized carbons (Fsp3) is 0.368. The maximum Gasteiger partial charge on any atom is 0.266 e. The molecule has 1 aromatic carbocycles. The van der Waals surface area contributed by atoms with Crippen molar-refractivity contribution in [3.8, 4) is 0 Å². The summed E-state index contributed by atoms with van der Waals surface area (Å²) in [5.74, 6) is 1.95. The Balaban J connectivity index is 1.84. The summed E-state index contributed by atoms with van der Waals surface area (Å²) in [6.07, 6.45) is 4.34. The average molecular weight is 493 g/mol. The molecule has 0 atom stereocenters. The van der Waals surface area contributed by atoms with Crippen molar-refractivity contribution in [3.05, 3.63) is 56.0 Å². The van der Waals surface area contributed by atoms with E-state index in [-0.39, 0.29) is 5.56 Å². The highest BCUT2D eigenvalue weighted by atomic mass is 79.9. The predicted molar refractivity (Wildman–Crippen MR) is 113 cm³/mol. The molecular formula is C19H19Br2N5O. The van der Waals surface area contributed by atoms with Gasteiger partial charge in [-0.1, -0.05) is 47.8 Å². The first-order valence-corrected chi connectivity index (χ1v) is 10.6. The smallest absolute Gasteiger partial charge is 0.266 e. The van der Waals surface area contributed by atoms with Gasteiger partial charge in [-0.3, -0.25) is 9.36 Å². The van der Waals surface area contributed by atoms with Crippen LogP contribution in [0.5, 0.6) is 0 Å². The van der Waals surface area contributed by atoms with E-state index in [9.17, 15) is 4.79 Å². The van der Waals surface area contributed by atoms with E-state index in [1.165, 1.54) is 0 Å². The molecule has 0 spiro atoms. The number of nitrogens with zero attached hydrogens (tertiary/aromatic N) is 5. The highest BCUT2D eigenvalue weighted by Gasteiger charge is 2.25. The number of aryl methyl sites for hydroxylation is 1. The van der Waals surface area contributed by atoms with E-state index >= 15 is 0 Å². The van der Waals surface area contributed by atoms with Gasteiger partial charge in [0.2, 0.25) is 5.78 Å². The Morgan fingerprint density at radius 1 is 1.19 bits per heavy atom. The Morgan fingerprint density at radius 2 is 2.04 bits per heavy atom. The maximum absolute atomic E-state index is 13.2. The quantitative estimate of drug-likeness (QED) is 0.478. The van der Waals surface area contributed by atoms with Gasteiger partial charge in [0.15, 0.2) is 0 Å². The van der Waals surface area contributed by atoms with E-state index < -0.39 is 0 Å². The van der Waals surface area contributed by atoms with Crippen molar-refractivity contribution in [2.75, 3.05) is 0 Å². The van der Waals surface area contributed by atoms with Gasteiger partial charge in [0, 0.05) is 23.9 Å². The zero-order chi connectivity index (χ0) is 19.0. The van der Waals surface area contributed by atoms with Gasteiger partial charge < -0.3 is 0 Å².